The minimum Gasteiger partial charge on any atom is -0.355 e. The van der Waals surface area contributed by atoms with Crippen LogP contribution < -0.4 is 21.3 Å². The van der Waals surface area contributed by atoms with Gasteiger partial charge in [0.15, 0.2) is 0 Å². The third kappa shape index (κ3) is 8.27. The van der Waals surface area contributed by atoms with E-state index in [2.05, 4.69) is 27.8 Å². The zero-order valence-electron chi connectivity index (χ0n) is 15.2. The molecule has 0 aliphatic carbocycles. The lowest BCUT2D eigenvalue weighted by molar-refractivity contribution is -0.125. The lowest BCUT2D eigenvalue weighted by Gasteiger charge is -2.30. The van der Waals surface area contributed by atoms with E-state index in [0.29, 0.717) is 13.1 Å². The minimum absolute atomic E-state index is 0.0853. The van der Waals surface area contributed by atoms with Gasteiger partial charge in [0.25, 0.3) is 0 Å². The van der Waals surface area contributed by atoms with Gasteiger partial charge in [-0.1, -0.05) is 36.4 Å². The number of carbonyl (C=O) groups is 3. The van der Waals surface area contributed by atoms with Crippen molar-refractivity contribution < 1.29 is 14.4 Å². The van der Waals surface area contributed by atoms with Gasteiger partial charge in [0.1, 0.15) is 5.50 Å². The molecule has 1 aliphatic rings. The van der Waals surface area contributed by atoms with E-state index in [0.717, 1.165) is 6.42 Å². The Balaban J connectivity index is 1.67. The van der Waals surface area contributed by atoms with Gasteiger partial charge in [-0.25, -0.2) is 0 Å². The van der Waals surface area contributed by atoms with Gasteiger partial charge in [0, 0.05) is 32.0 Å². The summed E-state index contributed by atoms with van der Waals surface area (Å²) >= 11 is 1.30. The highest BCUT2D eigenvalue weighted by Crippen LogP contribution is 2.13. The average Bonchev–Trinajstić information content (AvgIpc) is 2.65. The van der Waals surface area contributed by atoms with Crippen LogP contribution in [0.1, 0.15) is 18.4 Å². The smallest absolute Gasteiger partial charge is 0.230 e. The van der Waals surface area contributed by atoms with Gasteiger partial charge in [-0.3, -0.25) is 19.7 Å². The molecule has 2 atom stereocenters. The predicted octanol–water partition coefficient (Wildman–Crippen LogP) is 0.533. The first-order chi connectivity index (χ1) is 13.1. The zero-order valence-corrected chi connectivity index (χ0v) is 16.0. The third-order valence-electron chi connectivity index (χ3n) is 3.95. The molecule has 1 heterocycles. The van der Waals surface area contributed by atoms with Crippen LogP contribution in [0.15, 0.2) is 43.0 Å². The summed E-state index contributed by atoms with van der Waals surface area (Å²) in [6, 6.07) is 9.70. The van der Waals surface area contributed by atoms with Gasteiger partial charge in [-0.2, -0.15) is 0 Å². The van der Waals surface area contributed by atoms with Crippen LogP contribution in [-0.4, -0.2) is 48.1 Å². The molecule has 2 rings (SSSR count). The van der Waals surface area contributed by atoms with Crippen molar-refractivity contribution in [1.82, 2.24) is 21.3 Å². The molecule has 1 aromatic carbocycles. The first-order valence-electron chi connectivity index (χ1n) is 8.92. The van der Waals surface area contributed by atoms with Crippen molar-refractivity contribution in [2.45, 2.75) is 30.8 Å². The van der Waals surface area contributed by atoms with Gasteiger partial charge in [-0.05, 0) is 12.0 Å². The van der Waals surface area contributed by atoms with Gasteiger partial charge >= 0.3 is 0 Å². The van der Waals surface area contributed by atoms with Crippen LogP contribution in [0.3, 0.4) is 0 Å². The number of thioether (sulfide) groups is 1. The number of rotatable bonds is 10. The standard InChI is InChI=1S/C19H26N4O3S/c1-2-9-20-16(24)11-15-12-17(25)23-19(22-15)27-13-18(26)21-10-8-14-6-4-3-5-7-14/h2-7,15,19,22H,1,8-13H2,(H,20,24)(H,21,26)(H,23,25). The second kappa shape index (κ2) is 11.4. The summed E-state index contributed by atoms with van der Waals surface area (Å²) in [6.07, 6.45) is 2.83. The average molecular weight is 391 g/mol. The van der Waals surface area contributed by atoms with Crippen molar-refractivity contribution in [2.75, 3.05) is 18.8 Å². The van der Waals surface area contributed by atoms with Gasteiger partial charge in [-0.15, -0.1) is 18.3 Å². The number of hydrogen-bond acceptors (Lipinski definition) is 5. The highest BCUT2D eigenvalue weighted by molar-refractivity contribution is 8.00. The van der Waals surface area contributed by atoms with Gasteiger partial charge < -0.3 is 16.0 Å². The maximum Gasteiger partial charge on any atom is 0.230 e. The highest BCUT2D eigenvalue weighted by atomic mass is 32.2. The summed E-state index contributed by atoms with van der Waals surface area (Å²) in [7, 11) is 0. The zero-order chi connectivity index (χ0) is 19.5. The van der Waals surface area contributed by atoms with Crippen molar-refractivity contribution in [2.24, 2.45) is 0 Å². The maximum atomic E-state index is 12.0. The van der Waals surface area contributed by atoms with Crippen LogP contribution in [0.2, 0.25) is 0 Å². The number of benzene rings is 1. The van der Waals surface area contributed by atoms with Crippen LogP contribution in [0.5, 0.6) is 0 Å². The molecule has 0 saturated carbocycles. The Morgan fingerprint density at radius 3 is 2.74 bits per heavy atom. The second-order valence-corrected chi connectivity index (χ2v) is 7.30. The Kier molecular flexibility index (Phi) is 8.86. The van der Waals surface area contributed by atoms with E-state index in [1.807, 2.05) is 30.3 Å². The predicted molar refractivity (Wildman–Crippen MR) is 107 cm³/mol. The van der Waals surface area contributed by atoms with Crippen LogP contribution in [-0.2, 0) is 20.8 Å². The molecule has 146 valence electrons. The minimum atomic E-state index is -0.386. The fraction of sp³-hybridized carbons (Fsp3) is 0.421. The molecule has 1 fully saturated rings. The number of nitrogens with one attached hydrogen (secondary N) is 4. The van der Waals surface area contributed by atoms with E-state index >= 15 is 0 Å². The van der Waals surface area contributed by atoms with Crippen LogP contribution in [0, 0.1) is 0 Å². The van der Waals surface area contributed by atoms with E-state index in [9.17, 15) is 14.4 Å². The van der Waals surface area contributed by atoms with Crippen molar-refractivity contribution in [3.63, 3.8) is 0 Å². The topological polar surface area (TPSA) is 99.3 Å². The van der Waals surface area contributed by atoms with Crippen LogP contribution in [0.4, 0.5) is 0 Å². The molecule has 0 bridgehead atoms. The SMILES string of the molecule is C=CCNC(=O)CC1CC(=O)NC(SCC(=O)NCCc2ccccc2)N1. The van der Waals surface area contributed by atoms with Crippen molar-refractivity contribution in [3.8, 4) is 0 Å². The number of amides is 3. The number of carbonyl (C=O) groups excluding carboxylic acids is 3. The highest BCUT2D eigenvalue weighted by Gasteiger charge is 2.27. The third-order valence-corrected chi connectivity index (χ3v) is 4.96. The monoisotopic (exact) mass is 390 g/mol. The summed E-state index contributed by atoms with van der Waals surface area (Å²) < 4.78 is 0. The van der Waals surface area contributed by atoms with Crippen molar-refractivity contribution in [1.29, 1.82) is 0 Å². The van der Waals surface area contributed by atoms with Gasteiger partial charge in [0.2, 0.25) is 17.7 Å². The van der Waals surface area contributed by atoms with Gasteiger partial charge in [0.05, 0.1) is 5.75 Å². The summed E-state index contributed by atoms with van der Waals surface area (Å²) in [5.74, 6) is -0.123. The van der Waals surface area contributed by atoms with Crippen LogP contribution in [0.25, 0.3) is 0 Å². The van der Waals surface area contributed by atoms with E-state index in [1.165, 1.54) is 17.3 Å². The second-order valence-electron chi connectivity index (χ2n) is 6.21. The molecule has 0 aromatic heterocycles. The molecule has 4 N–H and O–H groups in total. The maximum absolute atomic E-state index is 12.0. The molecule has 1 aliphatic heterocycles. The van der Waals surface area contributed by atoms with Crippen molar-refractivity contribution in [3.05, 3.63) is 48.6 Å². The summed E-state index contributed by atoms with van der Waals surface area (Å²) in [5, 5.41) is 11.5. The Labute approximate surface area is 163 Å². The summed E-state index contributed by atoms with van der Waals surface area (Å²) in [5.41, 5.74) is 0.785. The quantitative estimate of drug-likeness (QED) is 0.437. The molecule has 1 aromatic rings. The first-order valence-corrected chi connectivity index (χ1v) is 9.97. The van der Waals surface area contributed by atoms with Crippen LogP contribution >= 0.6 is 11.8 Å². The Hall–Kier alpha value is -2.32. The molecule has 27 heavy (non-hydrogen) atoms. The first kappa shape index (κ1) is 21.0. The Bertz CT molecular complexity index is 654. The van der Waals surface area contributed by atoms with E-state index in [4.69, 9.17) is 0 Å². The molecule has 1 saturated heterocycles. The Morgan fingerprint density at radius 2 is 2.00 bits per heavy atom. The number of hydrogen-bond donors (Lipinski definition) is 4. The fourth-order valence-corrected chi connectivity index (χ4v) is 3.57. The normalized spacial score (nSPS) is 19.0. The summed E-state index contributed by atoms with van der Waals surface area (Å²) in [4.78, 5) is 35.6. The summed E-state index contributed by atoms with van der Waals surface area (Å²) in [6.45, 7) is 4.52. The largest absolute Gasteiger partial charge is 0.355 e. The molecular weight excluding hydrogens is 364 g/mol. The molecule has 2 unspecified atom stereocenters. The lowest BCUT2D eigenvalue weighted by Crippen LogP contribution is -2.56. The molecular formula is C19H26N4O3S. The fourth-order valence-electron chi connectivity index (χ4n) is 2.65. The van der Waals surface area contributed by atoms with E-state index in [-0.39, 0.29) is 47.9 Å². The molecule has 8 heteroatoms. The van der Waals surface area contributed by atoms with E-state index < -0.39 is 0 Å². The molecule has 7 nitrogen and oxygen atoms in total. The Morgan fingerprint density at radius 1 is 1.22 bits per heavy atom. The molecule has 3 amide bonds. The van der Waals surface area contributed by atoms with Crippen molar-refractivity contribution >= 4 is 29.5 Å². The molecule has 0 spiro atoms. The van der Waals surface area contributed by atoms with E-state index in [1.54, 1.807) is 6.08 Å². The molecule has 0 radical (unpaired) electrons. The lowest BCUT2D eigenvalue weighted by atomic mass is 10.1.